The first kappa shape index (κ1) is 13.6. The number of rotatable bonds is 5. The number of nitrogens with one attached hydrogen (secondary N) is 1. The van der Waals surface area contributed by atoms with Crippen molar-refractivity contribution in [3.8, 4) is 0 Å². The average molecular weight is 279 g/mol. The Bertz CT molecular complexity index is 445. The number of amides is 1. The summed E-state index contributed by atoms with van der Waals surface area (Å²) < 4.78 is 10.9. The lowest BCUT2D eigenvalue weighted by atomic mass is 10.1. The maximum atomic E-state index is 12.3. The number of furan rings is 1. The van der Waals surface area contributed by atoms with Gasteiger partial charge in [0.15, 0.2) is 0 Å². The van der Waals surface area contributed by atoms with E-state index in [4.69, 9.17) is 14.9 Å². The zero-order valence-corrected chi connectivity index (χ0v) is 11.5. The molecule has 0 aromatic carbocycles. The Balaban J connectivity index is 1.74. The fraction of sp³-hybridized carbons (Fsp3) is 0.643. The molecule has 1 aliphatic heterocycles. The second-order valence-corrected chi connectivity index (χ2v) is 5.38. The van der Waals surface area contributed by atoms with Gasteiger partial charge in [0.25, 0.3) is 0 Å². The smallest absolute Gasteiger partial charge is 0.239 e. The van der Waals surface area contributed by atoms with Crippen molar-refractivity contribution in [2.75, 3.05) is 26.3 Å². The molecule has 6 nitrogen and oxygen atoms in total. The Morgan fingerprint density at radius 3 is 3.05 bits per heavy atom. The minimum Gasteiger partial charge on any atom is -0.468 e. The molecule has 110 valence electrons. The number of nitrogens with two attached hydrogens (primary N) is 1. The van der Waals surface area contributed by atoms with E-state index in [0.717, 1.165) is 18.6 Å². The summed E-state index contributed by atoms with van der Waals surface area (Å²) in [6, 6.07) is 3.73. The number of carbonyl (C=O) groups is 1. The van der Waals surface area contributed by atoms with Crippen molar-refractivity contribution in [1.82, 2.24) is 10.2 Å². The fourth-order valence-corrected chi connectivity index (χ4v) is 2.64. The molecule has 3 N–H and O–H groups in total. The molecule has 1 amide bonds. The third-order valence-corrected chi connectivity index (χ3v) is 3.89. The maximum absolute atomic E-state index is 12.3. The van der Waals surface area contributed by atoms with Crippen LogP contribution in [0.4, 0.5) is 0 Å². The summed E-state index contributed by atoms with van der Waals surface area (Å²) in [5.41, 5.74) is 5.90. The van der Waals surface area contributed by atoms with Crippen molar-refractivity contribution in [3.63, 3.8) is 0 Å². The third-order valence-electron chi connectivity index (χ3n) is 3.89. The van der Waals surface area contributed by atoms with Crippen molar-refractivity contribution >= 4 is 5.91 Å². The van der Waals surface area contributed by atoms with Crippen LogP contribution in [-0.4, -0.2) is 49.2 Å². The van der Waals surface area contributed by atoms with Gasteiger partial charge in [-0.1, -0.05) is 0 Å². The lowest BCUT2D eigenvalue weighted by Gasteiger charge is -2.38. The van der Waals surface area contributed by atoms with Gasteiger partial charge in [0.2, 0.25) is 5.91 Å². The Labute approximate surface area is 118 Å². The Hall–Kier alpha value is -1.37. The van der Waals surface area contributed by atoms with E-state index in [1.165, 1.54) is 0 Å². The molecule has 1 saturated carbocycles. The number of hydrogen-bond acceptors (Lipinski definition) is 5. The van der Waals surface area contributed by atoms with Gasteiger partial charge < -0.3 is 20.2 Å². The van der Waals surface area contributed by atoms with E-state index < -0.39 is 0 Å². The second-order valence-electron chi connectivity index (χ2n) is 5.38. The van der Waals surface area contributed by atoms with Gasteiger partial charge in [0.05, 0.1) is 25.5 Å². The Kier molecular flexibility index (Phi) is 4.05. The molecule has 2 unspecified atom stereocenters. The van der Waals surface area contributed by atoms with Crippen LogP contribution in [-0.2, 0) is 9.53 Å². The van der Waals surface area contributed by atoms with Gasteiger partial charge in [-0.3, -0.25) is 9.69 Å². The van der Waals surface area contributed by atoms with E-state index in [1.54, 1.807) is 6.26 Å². The lowest BCUT2D eigenvalue weighted by Crippen LogP contribution is -2.56. The van der Waals surface area contributed by atoms with Crippen molar-refractivity contribution < 1.29 is 13.9 Å². The summed E-state index contributed by atoms with van der Waals surface area (Å²) in [6.07, 6.45) is 3.80. The SMILES string of the molecule is NCC(c1ccco1)N1CCOCC1C(=O)NC1CC1. The molecular weight excluding hydrogens is 258 g/mol. The standard InChI is InChI=1S/C14H21N3O3/c15-8-11(13-2-1-6-20-13)17-5-7-19-9-12(17)14(18)16-10-3-4-10/h1-2,6,10-12H,3-5,7-9,15H2,(H,16,18). The first-order valence-corrected chi connectivity index (χ1v) is 7.17. The summed E-state index contributed by atoms with van der Waals surface area (Å²) in [7, 11) is 0. The van der Waals surface area contributed by atoms with E-state index in [1.807, 2.05) is 12.1 Å². The van der Waals surface area contributed by atoms with Crippen LogP contribution in [0.3, 0.4) is 0 Å². The minimum absolute atomic E-state index is 0.0391. The zero-order valence-electron chi connectivity index (χ0n) is 11.5. The molecule has 0 radical (unpaired) electrons. The molecular formula is C14H21N3O3. The van der Waals surface area contributed by atoms with Crippen molar-refractivity contribution in [2.45, 2.75) is 31.0 Å². The Morgan fingerprint density at radius 1 is 1.55 bits per heavy atom. The number of nitrogens with zero attached hydrogens (tertiary/aromatic N) is 1. The fourth-order valence-electron chi connectivity index (χ4n) is 2.64. The van der Waals surface area contributed by atoms with Gasteiger partial charge in [-0.25, -0.2) is 0 Å². The minimum atomic E-state index is -0.289. The molecule has 1 aliphatic carbocycles. The monoisotopic (exact) mass is 279 g/mol. The third kappa shape index (κ3) is 2.87. The predicted octanol–water partition coefficient (Wildman–Crippen LogP) is 0.259. The van der Waals surface area contributed by atoms with Crippen LogP contribution in [0, 0.1) is 0 Å². The van der Waals surface area contributed by atoms with E-state index in [2.05, 4.69) is 10.2 Å². The van der Waals surface area contributed by atoms with Gasteiger partial charge in [-0.15, -0.1) is 0 Å². The van der Waals surface area contributed by atoms with E-state index in [9.17, 15) is 4.79 Å². The highest BCUT2D eigenvalue weighted by atomic mass is 16.5. The van der Waals surface area contributed by atoms with E-state index >= 15 is 0 Å². The molecule has 0 spiro atoms. The number of carbonyl (C=O) groups excluding carboxylic acids is 1. The first-order chi connectivity index (χ1) is 9.79. The van der Waals surface area contributed by atoms with Gasteiger partial charge in [0.1, 0.15) is 11.8 Å². The van der Waals surface area contributed by atoms with Crippen LogP contribution >= 0.6 is 0 Å². The van der Waals surface area contributed by atoms with Crippen molar-refractivity contribution in [3.05, 3.63) is 24.2 Å². The highest BCUT2D eigenvalue weighted by Gasteiger charge is 2.37. The van der Waals surface area contributed by atoms with Crippen LogP contribution < -0.4 is 11.1 Å². The molecule has 1 saturated heterocycles. The Morgan fingerprint density at radius 2 is 2.40 bits per heavy atom. The van der Waals surface area contributed by atoms with E-state index in [-0.39, 0.29) is 18.0 Å². The molecule has 0 bridgehead atoms. The highest BCUT2D eigenvalue weighted by molar-refractivity contribution is 5.82. The maximum Gasteiger partial charge on any atom is 0.239 e. The largest absolute Gasteiger partial charge is 0.468 e. The number of hydrogen-bond donors (Lipinski definition) is 2. The summed E-state index contributed by atoms with van der Waals surface area (Å²) >= 11 is 0. The number of morpholine rings is 1. The number of ether oxygens (including phenoxy) is 1. The summed E-state index contributed by atoms with van der Waals surface area (Å²) in [6.45, 7) is 2.13. The molecule has 3 rings (SSSR count). The molecule has 2 aliphatic rings. The van der Waals surface area contributed by atoms with Crippen molar-refractivity contribution in [1.29, 1.82) is 0 Å². The summed E-state index contributed by atoms with van der Waals surface area (Å²) in [4.78, 5) is 14.4. The van der Waals surface area contributed by atoms with Gasteiger partial charge in [-0.05, 0) is 25.0 Å². The topological polar surface area (TPSA) is 80.7 Å². The molecule has 2 heterocycles. The zero-order chi connectivity index (χ0) is 13.9. The normalized spacial score (nSPS) is 25.4. The van der Waals surface area contributed by atoms with Crippen molar-refractivity contribution in [2.24, 2.45) is 5.73 Å². The quantitative estimate of drug-likeness (QED) is 0.808. The summed E-state index contributed by atoms with van der Waals surface area (Å²) in [5.74, 6) is 0.843. The van der Waals surface area contributed by atoms with Gasteiger partial charge in [-0.2, -0.15) is 0 Å². The second kappa shape index (κ2) is 5.95. The molecule has 20 heavy (non-hydrogen) atoms. The molecule has 1 aromatic heterocycles. The molecule has 1 aromatic rings. The lowest BCUT2D eigenvalue weighted by molar-refractivity contribution is -0.135. The first-order valence-electron chi connectivity index (χ1n) is 7.17. The van der Waals surface area contributed by atoms with Gasteiger partial charge >= 0.3 is 0 Å². The van der Waals surface area contributed by atoms with Crippen LogP contribution in [0.15, 0.2) is 22.8 Å². The van der Waals surface area contributed by atoms with E-state index in [0.29, 0.717) is 32.3 Å². The average Bonchev–Trinajstić information content (AvgIpc) is 3.12. The van der Waals surface area contributed by atoms with Crippen LogP contribution in [0.2, 0.25) is 0 Å². The molecule has 2 fully saturated rings. The predicted molar refractivity (Wildman–Crippen MR) is 73.0 cm³/mol. The van der Waals surface area contributed by atoms with Gasteiger partial charge in [0, 0.05) is 19.1 Å². The molecule has 2 atom stereocenters. The van der Waals surface area contributed by atoms with Crippen LogP contribution in [0.5, 0.6) is 0 Å². The molecule has 6 heteroatoms. The highest BCUT2D eigenvalue weighted by Crippen LogP contribution is 2.26. The van der Waals surface area contributed by atoms with Crippen LogP contribution in [0.1, 0.15) is 24.6 Å². The van der Waals surface area contributed by atoms with Crippen LogP contribution in [0.25, 0.3) is 0 Å². The summed E-state index contributed by atoms with van der Waals surface area (Å²) in [5, 5.41) is 3.05.